The number of anilines is 3. The van der Waals surface area contributed by atoms with Crippen LogP contribution in [0.3, 0.4) is 0 Å². The lowest BCUT2D eigenvalue weighted by atomic mass is 9.68. The van der Waals surface area contributed by atoms with Crippen molar-refractivity contribution in [3.05, 3.63) is 247 Å². The van der Waals surface area contributed by atoms with Crippen molar-refractivity contribution in [3.63, 3.8) is 0 Å². The first-order valence-electron chi connectivity index (χ1n) is 20.3. The predicted molar refractivity (Wildman–Crippen MR) is 252 cm³/mol. The van der Waals surface area contributed by atoms with Crippen molar-refractivity contribution >= 4 is 70.1 Å². The van der Waals surface area contributed by atoms with Crippen molar-refractivity contribution < 1.29 is 0 Å². The van der Waals surface area contributed by atoms with Crippen LogP contribution in [0.4, 0.5) is 17.1 Å². The van der Waals surface area contributed by atoms with Gasteiger partial charge in [-0.1, -0.05) is 182 Å². The van der Waals surface area contributed by atoms with Crippen LogP contribution in [0.25, 0.3) is 64.0 Å². The van der Waals surface area contributed by atoms with Crippen molar-refractivity contribution in [2.24, 2.45) is 0 Å². The molecule has 0 spiro atoms. The number of fused-ring (bicyclic) bond motifs is 9. The minimum Gasteiger partial charge on any atom is -0.310 e. The van der Waals surface area contributed by atoms with Gasteiger partial charge in [-0.3, -0.25) is 0 Å². The molecule has 1 aliphatic rings. The van der Waals surface area contributed by atoms with Gasteiger partial charge in [0.15, 0.2) is 0 Å². The van der Waals surface area contributed by atoms with E-state index < -0.39 is 5.41 Å². The maximum absolute atomic E-state index is 2.50. The Hall–Kier alpha value is -7.26. The first kappa shape index (κ1) is 33.8. The number of rotatable bonds is 6. The molecule has 0 radical (unpaired) electrons. The van der Waals surface area contributed by atoms with Gasteiger partial charge in [0, 0.05) is 31.5 Å². The second kappa shape index (κ2) is 13.4. The van der Waals surface area contributed by atoms with Crippen molar-refractivity contribution in [3.8, 4) is 22.3 Å². The summed E-state index contributed by atoms with van der Waals surface area (Å²) in [4.78, 5) is 2.50. The number of hydrogen-bond donors (Lipinski definition) is 0. The van der Waals surface area contributed by atoms with Gasteiger partial charge in [0.2, 0.25) is 0 Å². The summed E-state index contributed by atoms with van der Waals surface area (Å²) in [5.41, 5.74) is 13.1. The Kier molecular flexibility index (Phi) is 7.69. The van der Waals surface area contributed by atoms with Crippen LogP contribution in [0.1, 0.15) is 22.3 Å². The van der Waals surface area contributed by atoms with E-state index in [2.05, 4.69) is 229 Å². The highest BCUT2D eigenvalue weighted by Crippen LogP contribution is 2.56. The van der Waals surface area contributed by atoms with E-state index in [9.17, 15) is 0 Å². The molecule has 1 heterocycles. The molecule has 10 aromatic carbocycles. The largest absolute Gasteiger partial charge is 0.310 e. The molecule has 0 N–H and O–H groups in total. The Morgan fingerprint density at radius 3 is 1.73 bits per heavy atom. The molecule has 1 aliphatic carbocycles. The molecule has 0 fully saturated rings. The summed E-state index contributed by atoms with van der Waals surface area (Å²) in [6.45, 7) is 0. The monoisotopic (exact) mass is 767 g/mol. The third-order valence-corrected chi connectivity index (χ3v) is 13.7. The summed E-state index contributed by atoms with van der Waals surface area (Å²) in [5, 5.41) is 7.53. The molecule has 59 heavy (non-hydrogen) atoms. The molecule has 11 aromatic rings. The van der Waals surface area contributed by atoms with Gasteiger partial charge in [-0.05, 0) is 109 Å². The molecule has 0 saturated heterocycles. The zero-order chi connectivity index (χ0) is 38.9. The minimum absolute atomic E-state index is 0.469. The molecule has 0 aliphatic heterocycles. The van der Waals surface area contributed by atoms with Crippen LogP contribution in [0.2, 0.25) is 0 Å². The highest BCUT2D eigenvalue weighted by atomic mass is 32.1. The molecule has 0 atom stereocenters. The average molecular weight is 768 g/mol. The van der Waals surface area contributed by atoms with Gasteiger partial charge in [0.25, 0.3) is 0 Å². The van der Waals surface area contributed by atoms with Gasteiger partial charge in [0.1, 0.15) is 0 Å². The third kappa shape index (κ3) is 5.10. The van der Waals surface area contributed by atoms with Crippen molar-refractivity contribution in [1.29, 1.82) is 0 Å². The Labute approximate surface area is 347 Å². The van der Waals surface area contributed by atoms with Crippen LogP contribution in [-0.2, 0) is 5.41 Å². The second-order valence-electron chi connectivity index (χ2n) is 15.6. The summed E-state index contributed by atoms with van der Waals surface area (Å²) in [5.74, 6) is 0. The fourth-order valence-electron chi connectivity index (χ4n) is 10.0. The summed E-state index contributed by atoms with van der Waals surface area (Å²) >= 11 is 1.86. The molecule has 0 amide bonds. The number of nitrogens with zero attached hydrogens (tertiary/aromatic N) is 1. The predicted octanol–water partition coefficient (Wildman–Crippen LogP) is 15.9. The topological polar surface area (TPSA) is 3.24 Å². The smallest absolute Gasteiger partial charge is 0.0713 e. The second-order valence-corrected chi connectivity index (χ2v) is 16.7. The standard InChI is InChI=1S/C57H37NS/c1-3-16-38(17-4-1)49-36-43(37-50-44-21-8-7-18-39(44)30-35-45(49)50)58(53-27-15-29-55-56(53)48-24-11-14-28-54(48)59-55)42-33-31-41(32-34-42)57(40-19-5-2-6-20-40)51-25-12-9-22-46(51)47-23-10-13-26-52(47)57/h1-37H. The van der Waals surface area contributed by atoms with Crippen LogP contribution in [0.5, 0.6) is 0 Å². The first-order valence-corrected chi connectivity index (χ1v) is 21.2. The summed E-state index contributed by atoms with van der Waals surface area (Å²) < 4.78 is 2.57. The Balaban J connectivity index is 1.15. The summed E-state index contributed by atoms with van der Waals surface area (Å²) in [6.07, 6.45) is 0. The van der Waals surface area contributed by atoms with Gasteiger partial charge in [-0.2, -0.15) is 0 Å². The quantitative estimate of drug-likeness (QED) is 0.152. The molecule has 2 heteroatoms. The molecule has 1 nitrogen and oxygen atoms in total. The lowest BCUT2D eigenvalue weighted by molar-refractivity contribution is 0.768. The Bertz CT molecular complexity index is 3330. The number of benzene rings is 10. The molecule has 0 saturated carbocycles. The molecule has 0 bridgehead atoms. The summed E-state index contributed by atoms with van der Waals surface area (Å²) in [7, 11) is 0. The van der Waals surface area contributed by atoms with Crippen LogP contribution >= 0.6 is 11.3 Å². The van der Waals surface area contributed by atoms with Crippen LogP contribution in [0.15, 0.2) is 224 Å². The average Bonchev–Trinajstić information content (AvgIpc) is 3.84. The van der Waals surface area contributed by atoms with E-state index in [0.717, 1.165) is 11.4 Å². The number of hydrogen-bond acceptors (Lipinski definition) is 2. The van der Waals surface area contributed by atoms with Crippen molar-refractivity contribution in [1.82, 2.24) is 0 Å². The zero-order valence-electron chi connectivity index (χ0n) is 32.2. The Morgan fingerprint density at radius 2 is 0.966 bits per heavy atom. The van der Waals surface area contributed by atoms with Crippen LogP contribution in [0, 0.1) is 0 Å². The van der Waals surface area contributed by atoms with Crippen LogP contribution in [-0.4, -0.2) is 0 Å². The van der Waals surface area contributed by atoms with Gasteiger partial charge in [-0.25, -0.2) is 0 Å². The fourth-order valence-corrected chi connectivity index (χ4v) is 11.2. The van der Waals surface area contributed by atoms with Gasteiger partial charge < -0.3 is 4.90 Å². The van der Waals surface area contributed by atoms with E-state index in [1.807, 2.05) is 11.3 Å². The molecule has 1 aromatic heterocycles. The van der Waals surface area contributed by atoms with E-state index >= 15 is 0 Å². The lowest BCUT2D eigenvalue weighted by Crippen LogP contribution is -2.28. The van der Waals surface area contributed by atoms with Gasteiger partial charge in [0.05, 0.1) is 11.1 Å². The van der Waals surface area contributed by atoms with Gasteiger partial charge in [-0.15, -0.1) is 11.3 Å². The van der Waals surface area contributed by atoms with Gasteiger partial charge >= 0.3 is 0 Å². The number of thiophene rings is 1. The molecule has 12 rings (SSSR count). The van der Waals surface area contributed by atoms with E-state index in [1.165, 1.54) is 91.9 Å². The van der Waals surface area contributed by atoms with Crippen LogP contribution < -0.4 is 4.90 Å². The highest BCUT2D eigenvalue weighted by Gasteiger charge is 2.45. The lowest BCUT2D eigenvalue weighted by Gasteiger charge is -2.34. The zero-order valence-corrected chi connectivity index (χ0v) is 33.0. The maximum Gasteiger partial charge on any atom is 0.0713 e. The Morgan fingerprint density at radius 1 is 0.356 bits per heavy atom. The highest BCUT2D eigenvalue weighted by molar-refractivity contribution is 7.26. The van der Waals surface area contributed by atoms with Crippen molar-refractivity contribution in [2.75, 3.05) is 4.90 Å². The van der Waals surface area contributed by atoms with E-state index in [0.29, 0.717) is 0 Å². The van der Waals surface area contributed by atoms with E-state index in [4.69, 9.17) is 0 Å². The van der Waals surface area contributed by atoms with Crippen molar-refractivity contribution in [2.45, 2.75) is 5.41 Å². The van der Waals surface area contributed by atoms with E-state index in [-0.39, 0.29) is 0 Å². The molecule has 276 valence electrons. The molecular weight excluding hydrogens is 731 g/mol. The third-order valence-electron chi connectivity index (χ3n) is 12.5. The molecule has 0 unspecified atom stereocenters. The first-order chi connectivity index (χ1) is 29.3. The normalized spacial score (nSPS) is 12.9. The van der Waals surface area contributed by atoms with E-state index in [1.54, 1.807) is 0 Å². The molecular formula is C57H37NS. The SMILES string of the molecule is c1ccc(-c2cc(N(c3ccc(C4(c5ccccc5)c5ccccc5-c5ccccc54)cc3)c3cccc4sc5ccccc5c34)cc3c2ccc2ccccc23)cc1. The fraction of sp³-hybridized carbons (Fsp3) is 0.0175. The minimum atomic E-state index is -0.469. The maximum atomic E-state index is 2.50. The summed E-state index contributed by atoms with van der Waals surface area (Å²) in [6, 6.07) is 83.2.